The number of likely N-dealkylation sites (tertiary alicyclic amines) is 1. The number of imidazole rings is 1. The molecule has 4 rings (SSSR count). The summed E-state index contributed by atoms with van der Waals surface area (Å²) in [4.78, 5) is 23.4. The first-order chi connectivity index (χ1) is 13.7. The van der Waals surface area contributed by atoms with Crippen molar-refractivity contribution in [3.63, 3.8) is 0 Å². The van der Waals surface area contributed by atoms with Crippen LogP contribution in [0.15, 0.2) is 48.8 Å². The van der Waals surface area contributed by atoms with E-state index in [4.69, 9.17) is 9.72 Å². The third-order valence-corrected chi connectivity index (χ3v) is 5.13. The van der Waals surface area contributed by atoms with Crippen LogP contribution < -0.4 is 10.1 Å². The van der Waals surface area contributed by atoms with Gasteiger partial charge in [0.05, 0.1) is 29.9 Å². The number of fused-ring (bicyclic) bond motifs is 1. The molecular formula is C21H25N5O2. The van der Waals surface area contributed by atoms with E-state index in [0.717, 1.165) is 48.4 Å². The summed E-state index contributed by atoms with van der Waals surface area (Å²) in [7, 11) is 2.02. The lowest BCUT2D eigenvalue weighted by Gasteiger charge is -2.24. The minimum Gasteiger partial charge on any atom is -0.492 e. The van der Waals surface area contributed by atoms with Crippen molar-refractivity contribution in [1.29, 1.82) is 0 Å². The Morgan fingerprint density at radius 3 is 3.00 bits per heavy atom. The molecule has 7 heteroatoms. The van der Waals surface area contributed by atoms with Gasteiger partial charge in [0.1, 0.15) is 11.6 Å². The molecule has 0 saturated carbocycles. The number of hydrogen-bond acceptors (Lipinski definition) is 4. The highest BCUT2D eigenvalue weighted by Gasteiger charge is 2.33. The Morgan fingerprint density at radius 1 is 1.29 bits per heavy atom. The molecular weight excluding hydrogens is 354 g/mol. The number of ether oxygens (including phenoxy) is 1. The average Bonchev–Trinajstić information content (AvgIpc) is 3.33. The minimum absolute atomic E-state index is 0.0176. The van der Waals surface area contributed by atoms with Crippen LogP contribution in [0.25, 0.3) is 11.0 Å². The number of benzene rings is 1. The smallest absolute Gasteiger partial charge is 0.318 e. The molecule has 1 atom stereocenters. The van der Waals surface area contributed by atoms with Crippen LogP contribution in [0, 0.1) is 0 Å². The van der Waals surface area contributed by atoms with Gasteiger partial charge in [-0.3, -0.25) is 4.98 Å². The highest BCUT2D eigenvalue weighted by atomic mass is 16.5. The summed E-state index contributed by atoms with van der Waals surface area (Å²) in [5.74, 6) is 1.70. The first kappa shape index (κ1) is 18.3. The SMILES string of the molecule is Cn1c([C@@H]2CCCN2C(=O)NCCCOc2cccnc2)nc2ccccc21. The second-order valence-corrected chi connectivity index (χ2v) is 6.99. The zero-order valence-electron chi connectivity index (χ0n) is 16.0. The van der Waals surface area contributed by atoms with Crippen LogP contribution in [0.2, 0.25) is 0 Å². The Hall–Kier alpha value is -3.09. The second kappa shape index (κ2) is 8.29. The lowest BCUT2D eigenvalue weighted by molar-refractivity contribution is 0.189. The predicted molar refractivity (Wildman–Crippen MR) is 107 cm³/mol. The molecule has 0 bridgehead atoms. The number of carbonyl (C=O) groups excluding carboxylic acids is 1. The fraction of sp³-hybridized carbons (Fsp3) is 0.381. The Balaban J connectivity index is 1.32. The number of para-hydroxylation sites is 2. The zero-order chi connectivity index (χ0) is 19.3. The van der Waals surface area contributed by atoms with Gasteiger partial charge >= 0.3 is 6.03 Å². The van der Waals surface area contributed by atoms with Crippen molar-refractivity contribution in [3.8, 4) is 5.75 Å². The van der Waals surface area contributed by atoms with Crippen LogP contribution in [-0.4, -0.2) is 45.2 Å². The summed E-state index contributed by atoms with van der Waals surface area (Å²) in [5, 5.41) is 3.02. The number of nitrogens with zero attached hydrogens (tertiary/aromatic N) is 4. The molecule has 1 aliphatic rings. The van der Waals surface area contributed by atoms with E-state index >= 15 is 0 Å². The number of aryl methyl sites for hydroxylation is 1. The van der Waals surface area contributed by atoms with Crippen LogP contribution in [0.5, 0.6) is 5.75 Å². The highest BCUT2D eigenvalue weighted by molar-refractivity contribution is 5.77. The molecule has 0 aliphatic carbocycles. The highest BCUT2D eigenvalue weighted by Crippen LogP contribution is 2.32. The average molecular weight is 379 g/mol. The van der Waals surface area contributed by atoms with Crippen LogP contribution in [-0.2, 0) is 7.05 Å². The third-order valence-electron chi connectivity index (χ3n) is 5.13. The molecule has 0 unspecified atom stereocenters. The molecule has 28 heavy (non-hydrogen) atoms. The molecule has 2 aromatic heterocycles. The number of amides is 2. The standard InChI is InChI=1S/C21H25N5O2/c1-25-18-9-3-2-8-17(18)24-20(25)19-10-5-13-26(19)21(27)23-12-6-14-28-16-7-4-11-22-15-16/h2-4,7-9,11,15,19H,5-6,10,12-14H2,1H3,(H,23,27)/t19-/m0/s1. The lowest BCUT2D eigenvalue weighted by atomic mass is 10.2. The van der Waals surface area contributed by atoms with Crippen molar-refractivity contribution in [2.45, 2.75) is 25.3 Å². The lowest BCUT2D eigenvalue weighted by Crippen LogP contribution is -2.40. The summed E-state index contributed by atoms with van der Waals surface area (Å²) in [6, 6.07) is 11.8. The van der Waals surface area contributed by atoms with E-state index < -0.39 is 0 Å². The van der Waals surface area contributed by atoms with Crippen molar-refractivity contribution in [1.82, 2.24) is 24.8 Å². The predicted octanol–water partition coefficient (Wildman–Crippen LogP) is 3.28. The molecule has 0 radical (unpaired) electrons. The van der Waals surface area contributed by atoms with Crippen molar-refractivity contribution in [2.75, 3.05) is 19.7 Å². The van der Waals surface area contributed by atoms with Gasteiger partial charge in [0, 0.05) is 26.3 Å². The Kier molecular flexibility index (Phi) is 5.41. The molecule has 0 spiro atoms. The van der Waals surface area contributed by atoms with Crippen LogP contribution >= 0.6 is 0 Å². The zero-order valence-corrected chi connectivity index (χ0v) is 16.0. The molecule has 146 valence electrons. The quantitative estimate of drug-likeness (QED) is 0.667. The monoisotopic (exact) mass is 379 g/mol. The second-order valence-electron chi connectivity index (χ2n) is 6.99. The fourth-order valence-corrected chi connectivity index (χ4v) is 3.73. The van der Waals surface area contributed by atoms with Gasteiger partial charge in [0.15, 0.2) is 0 Å². The summed E-state index contributed by atoms with van der Waals surface area (Å²) in [6.45, 7) is 1.87. The molecule has 1 aromatic carbocycles. The number of aromatic nitrogens is 3. The van der Waals surface area contributed by atoms with Crippen LogP contribution in [0.3, 0.4) is 0 Å². The Morgan fingerprint density at radius 2 is 2.18 bits per heavy atom. The number of hydrogen-bond donors (Lipinski definition) is 1. The normalized spacial score (nSPS) is 16.5. The maximum Gasteiger partial charge on any atom is 0.318 e. The van der Waals surface area contributed by atoms with E-state index in [9.17, 15) is 4.79 Å². The molecule has 1 fully saturated rings. The minimum atomic E-state index is -0.0315. The van der Waals surface area contributed by atoms with Crippen LogP contribution in [0.1, 0.15) is 31.1 Å². The van der Waals surface area contributed by atoms with E-state index in [1.807, 2.05) is 42.3 Å². The fourth-order valence-electron chi connectivity index (χ4n) is 3.73. The summed E-state index contributed by atoms with van der Waals surface area (Å²) < 4.78 is 7.72. The number of nitrogens with one attached hydrogen (secondary N) is 1. The molecule has 3 aromatic rings. The van der Waals surface area contributed by atoms with Gasteiger partial charge in [0.2, 0.25) is 0 Å². The van der Waals surface area contributed by atoms with E-state index in [1.165, 1.54) is 0 Å². The third kappa shape index (κ3) is 3.78. The van der Waals surface area contributed by atoms with E-state index in [-0.39, 0.29) is 12.1 Å². The topological polar surface area (TPSA) is 72.3 Å². The molecule has 1 N–H and O–H groups in total. The first-order valence-electron chi connectivity index (χ1n) is 9.72. The maximum atomic E-state index is 12.7. The summed E-state index contributed by atoms with van der Waals surface area (Å²) >= 11 is 0. The number of urea groups is 1. The van der Waals surface area contributed by atoms with Crippen molar-refractivity contribution >= 4 is 17.1 Å². The molecule has 1 saturated heterocycles. The Bertz CT molecular complexity index is 940. The Labute approximate surface area is 164 Å². The van der Waals surface area contributed by atoms with Crippen molar-refractivity contribution in [3.05, 3.63) is 54.6 Å². The van der Waals surface area contributed by atoms with Gasteiger partial charge in [0.25, 0.3) is 0 Å². The van der Waals surface area contributed by atoms with Crippen LogP contribution in [0.4, 0.5) is 4.79 Å². The molecule has 3 heterocycles. The molecule has 2 amide bonds. The summed E-state index contributed by atoms with van der Waals surface area (Å²) in [6.07, 6.45) is 6.07. The van der Waals surface area contributed by atoms with Gasteiger partial charge in [-0.25, -0.2) is 9.78 Å². The first-order valence-corrected chi connectivity index (χ1v) is 9.72. The molecule has 7 nitrogen and oxygen atoms in total. The molecule has 1 aliphatic heterocycles. The van der Waals surface area contributed by atoms with Gasteiger partial charge in [-0.15, -0.1) is 0 Å². The summed E-state index contributed by atoms with van der Waals surface area (Å²) in [5.41, 5.74) is 2.07. The van der Waals surface area contributed by atoms with E-state index in [2.05, 4.69) is 20.9 Å². The van der Waals surface area contributed by atoms with E-state index in [1.54, 1.807) is 12.4 Å². The van der Waals surface area contributed by atoms with Crippen molar-refractivity contribution in [2.24, 2.45) is 7.05 Å². The van der Waals surface area contributed by atoms with Gasteiger partial charge < -0.3 is 19.5 Å². The number of pyridine rings is 1. The van der Waals surface area contributed by atoms with Gasteiger partial charge in [-0.2, -0.15) is 0 Å². The number of carbonyl (C=O) groups is 1. The maximum absolute atomic E-state index is 12.7. The number of rotatable bonds is 6. The van der Waals surface area contributed by atoms with Gasteiger partial charge in [-0.1, -0.05) is 12.1 Å². The van der Waals surface area contributed by atoms with Gasteiger partial charge in [-0.05, 0) is 43.5 Å². The van der Waals surface area contributed by atoms with E-state index in [0.29, 0.717) is 13.2 Å². The van der Waals surface area contributed by atoms with Crippen molar-refractivity contribution < 1.29 is 9.53 Å². The largest absolute Gasteiger partial charge is 0.492 e.